The van der Waals surface area contributed by atoms with E-state index in [1.54, 1.807) is 29.2 Å². The predicted octanol–water partition coefficient (Wildman–Crippen LogP) is 2.50. The van der Waals surface area contributed by atoms with Crippen LogP contribution in [0.25, 0.3) is 11.0 Å². The Balaban J connectivity index is 1.41. The standard InChI is InChI=1S/C20H18N2O4S/c23-15-12-18(26-17-5-2-1-4-14(15)17)20(25)22-9-7-21(8-10-22)13-16(24)19-6-3-11-27-19/h1-6,11-12H,7-10,13H2. The number of amides is 1. The highest BCUT2D eigenvalue weighted by Gasteiger charge is 2.25. The molecule has 0 spiro atoms. The summed E-state index contributed by atoms with van der Waals surface area (Å²) >= 11 is 1.44. The number of nitrogens with zero attached hydrogens (tertiary/aromatic N) is 2. The molecule has 27 heavy (non-hydrogen) atoms. The van der Waals surface area contributed by atoms with Crippen LogP contribution in [0.1, 0.15) is 20.2 Å². The highest BCUT2D eigenvalue weighted by molar-refractivity contribution is 7.12. The fraction of sp³-hybridized carbons (Fsp3) is 0.250. The van der Waals surface area contributed by atoms with Crippen molar-refractivity contribution in [3.05, 3.63) is 68.7 Å². The van der Waals surface area contributed by atoms with Crippen molar-refractivity contribution >= 4 is 34.0 Å². The van der Waals surface area contributed by atoms with Gasteiger partial charge in [0.1, 0.15) is 5.58 Å². The zero-order valence-corrected chi connectivity index (χ0v) is 15.4. The monoisotopic (exact) mass is 382 g/mol. The number of Topliss-reactive ketones (excluding diaryl/α,β-unsaturated/α-hetero) is 1. The quantitative estimate of drug-likeness (QED) is 0.649. The molecule has 0 atom stereocenters. The summed E-state index contributed by atoms with van der Waals surface area (Å²) in [6.45, 7) is 2.56. The lowest BCUT2D eigenvalue weighted by Crippen LogP contribution is -2.49. The van der Waals surface area contributed by atoms with Crippen molar-refractivity contribution in [3.63, 3.8) is 0 Å². The molecule has 3 heterocycles. The first-order chi connectivity index (χ1) is 13.1. The Morgan fingerprint density at radius 2 is 1.81 bits per heavy atom. The lowest BCUT2D eigenvalue weighted by atomic mass is 10.2. The van der Waals surface area contributed by atoms with Crippen LogP contribution in [0.3, 0.4) is 0 Å². The van der Waals surface area contributed by atoms with Gasteiger partial charge in [-0.3, -0.25) is 19.3 Å². The Morgan fingerprint density at radius 3 is 2.56 bits per heavy atom. The summed E-state index contributed by atoms with van der Waals surface area (Å²) in [6.07, 6.45) is 0. The summed E-state index contributed by atoms with van der Waals surface area (Å²) in [5.74, 6) is -0.130. The third-order valence-corrected chi connectivity index (χ3v) is 5.58. The van der Waals surface area contributed by atoms with Gasteiger partial charge in [-0.15, -0.1) is 11.3 Å². The minimum atomic E-state index is -0.290. The molecule has 1 saturated heterocycles. The minimum absolute atomic E-state index is 0.0572. The molecule has 1 amide bonds. The number of carbonyl (C=O) groups is 2. The van der Waals surface area contributed by atoms with E-state index in [-0.39, 0.29) is 22.9 Å². The van der Waals surface area contributed by atoms with Crippen molar-refractivity contribution in [1.29, 1.82) is 0 Å². The second-order valence-corrected chi connectivity index (χ2v) is 7.39. The van der Waals surface area contributed by atoms with Gasteiger partial charge in [0, 0.05) is 32.2 Å². The van der Waals surface area contributed by atoms with Crippen LogP contribution in [0.4, 0.5) is 0 Å². The van der Waals surface area contributed by atoms with Gasteiger partial charge in [-0.25, -0.2) is 0 Å². The topological polar surface area (TPSA) is 70.8 Å². The zero-order valence-electron chi connectivity index (χ0n) is 14.6. The highest BCUT2D eigenvalue weighted by Crippen LogP contribution is 2.15. The van der Waals surface area contributed by atoms with E-state index in [2.05, 4.69) is 0 Å². The summed E-state index contributed by atoms with van der Waals surface area (Å²) in [5.41, 5.74) is 0.189. The maximum Gasteiger partial charge on any atom is 0.289 e. The third-order valence-electron chi connectivity index (χ3n) is 4.67. The summed E-state index contributed by atoms with van der Waals surface area (Å²) < 4.78 is 5.64. The van der Waals surface area contributed by atoms with Gasteiger partial charge < -0.3 is 9.32 Å². The SMILES string of the molecule is O=C(CN1CCN(C(=O)c2cc(=O)c3ccccc3o2)CC1)c1cccs1. The lowest BCUT2D eigenvalue weighted by Gasteiger charge is -2.33. The first kappa shape index (κ1) is 17.6. The molecule has 0 bridgehead atoms. The van der Waals surface area contributed by atoms with Crippen LogP contribution in [-0.2, 0) is 0 Å². The number of fused-ring (bicyclic) bond motifs is 1. The first-order valence-electron chi connectivity index (χ1n) is 8.73. The van der Waals surface area contributed by atoms with Gasteiger partial charge in [0.2, 0.25) is 0 Å². The second-order valence-electron chi connectivity index (χ2n) is 6.44. The third kappa shape index (κ3) is 3.70. The number of hydrogen-bond donors (Lipinski definition) is 0. The molecule has 6 nitrogen and oxygen atoms in total. The van der Waals surface area contributed by atoms with Gasteiger partial charge in [0.05, 0.1) is 16.8 Å². The molecule has 1 fully saturated rings. The molecule has 0 aliphatic carbocycles. The van der Waals surface area contributed by atoms with Crippen molar-refractivity contribution in [2.75, 3.05) is 32.7 Å². The van der Waals surface area contributed by atoms with Crippen molar-refractivity contribution in [3.8, 4) is 0 Å². The Labute approximate surface area is 159 Å². The smallest absolute Gasteiger partial charge is 0.289 e. The van der Waals surface area contributed by atoms with Gasteiger partial charge in [-0.1, -0.05) is 18.2 Å². The van der Waals surface area contributed by atoms with E-state index in [4.69, 9.17) is 4.42 Å². The number of hydrogen-bond acceptors (Lipinski definition) is 6. The molecule has 0 saturated carbocycles. The van der Waals surface area contributed by atoms with Crippen molar-refractivity contribution in [2.45, 2.75) is 0 Å². The average Bonchev–Trinajstić information content (AvgIpc) is 3.23. The molecular weight excluding hydrogens is 364 g/mol. The molecule has 7 heteroatoms. The van der Waals surface area contributed by atoms with Crippen molar-refractivity contribution in [2.24, 2.45) is 0 Å². The van der Waals surface area contributed by atoms with Gasteiger partial charge in [0.25, 0.3) is 5.91 Å². The molecule has 1 aliphatic rings. The number of piperazine rings is 1. The number of ketones is 1. The van der Waals surface area contributed by atoms with E-state index >= 15 is 0 Å². The summed E-state index contributed by atoms with van der Waals surface area (Å²) in [6, 6.07) is 11.8. The minimum Gasteiger partial charge on any atom is -0.451 e. The number of rotatable bonds is 4. The molecule has 0 radical (unpaired) electrons. The molecular formula is C20H18N2O4S. The van der Waals surface area contributed by atoms with Gasteiger partial charge >= 0.3 is 0 Å². The Bertz CT molecular complexity index is 1030. The van der Waals surface area contributed by atoms with Gasteiger partial charge in [-0.2, -0.15) is 0 Å². The molecule has 3 aromatic rings. The molecule has 2 aromatic heterocycles. The van der Waals surface area contributed by atoms with Gasteiger partial charge in [-0.05, 0) is 23.6 Å². The summed E-state index contributed by atoms with van der Waals surface area (Å²) in [4.78, 5) is 41.6. The largest absolute Gasteiger partial charge is 0.451 e. The van der Waals surface area contributed by atoms with E-state index in [0.717, 1.165) is 4.88 Å². The van der Waals surface area contributed by atoms with Crippen LogP contribution in [-0.4, -0.2) is 54.2 Å². The zero-order chi connectivity index (χ0) is 18.8. The Kier molecular flexibility index (Phi) is 4.87. The van der Waals surface area contributed by atoms with Crippen LogP contribution in [0.15, 0.2) is 57.1 Å². The number of thiophene rings is 1. The van der Waals surface area contributed by atoms with E-state index in [1.165, 1.54) is 17.4 Å². The molecule has 1 aromatic carbocycles. The molecule has 1 aliphatic heterocycles. The normalized spacial score (nSPS) is 15.2. The Hall–Kier alpha value is -2.77. The molecule has 4 rings (SSSR count). The maximum absolute atomic E-state index is 12.7. The second kappa shape index (κ2) is 7.46. The van der Waals surface area contributed by atoms with Crippen LogP contribution >= 0.6 is 11.3 Å². The average molecular weight is 382 g/mol. The first-order valence-corrected chi connectivity index (χ1v) is 9.61. The summed E-state index contributed by atoms with van der Waals surface area (Å²) in [5, 5.41) is 2.35. The van der Waals surface area contributed by atoms with E-state index < -0.39 is 0 Å². The van der Waals surface area contributed by atoms with Crippen molar-refractivity contribution < 1.29 is 14.0 Å². The fourth-order valence-electron chi connectivity index (χ4n) is 3.19. The van der Waals surface area contributed by atoms with Gasteiger partial charge in [0.15, 0.2) is 17.0 Å². The number of para-hydroxylation sites is 1. The Morgan fingerprint density at radius 1 is 1.04 bits per heavy atom. The molecule has 138 valence electrons. The fourth-order valence-corrected chi connectivity index (χ4v) is 3.85. The van der Waals surface area contributed by atoms with Crippen LogP contribution in [0.2, 0.25) is 0 Å². The molecule has 0 N–H and O–H groups in total. The summed E-state index contributed by atoms with van der Waals surface area (Å²) in [7, 11) is 0. The van der Waals surface area contributed by atoms with E-state index in [1.807, 2.05) is 22.4 Å². The van der Waals surface area contributed by atoms with Crippen molar-refractivity contribution in [1.82, 2.24) is 9.80 Å². The van der Waals surface area contributed by atoms with Crippen LogP contribution < -0.4 is 5.43 Å². The predicted molar refractivity (Wildman–Crippen MR) is 103 cm³/mol. The van der Waals surface area contributed by atoms with Crippen LogP contribution in [0.5, 0.6) is 0 Å². The van der Waals surface area contributed by atoms with Crippen LogP contribution in [0, 0.1) is 0 Å². The van der Waals surface area contributed by atoms with E-state index in [9.17, 15) is 14.4 Å². The highest BCUT2D eigenvalue weighted by atomic mass is 32.1. The maximum atomic E-state index is 12.7. The number of carbonyl (C=O) groups excluding carboxylic acids is 2. The van der Waals surface area contributed by atoms with E-state index in [0.29, 0.717) is 43.7 Å². The molecule has 0 unspecified atom stereocenters. The number of benzene rings is 1. The lowest BCUT2D eigenvalue weighted by molar-refractivity contribution is 0.0597.